The van der Waals surface area contributed by atoms with E-state index in [-0.39, 0.29) is 13.2 Å². The molecule has 1 aliphatic rings. The van der Waals surface area contributed by atoms with Gasteiger partial charge in [0.25, 0.3) is 0 Å². The van der Waals surface area contributed by atoms with Crippen LogP contribution in [0.15, 0.2) is 16.6 Å². The van der Waals surface area contributed by atoms with Crippen molar-refractivity contribution in [2.24, 2.45) is 0 Å². The summed E-state index contributed by atoms with van der Waals surface area (Å²) in [6.07, 6.45) is -0.509. The Balaban J connectivity index is 2.56. The lowest BCUT2D eigenvalue weighted by Gasteiger charge is -2.26. The fourth-order valence-corrected chi connectivity index (χ4v) is 3.01. The first-order valence-electron chi connectivity index (χ1n) is 6.97. The summed E-state index contributed by atoms with van der Waals surface area (Å²) in [6, 6.07) is 5.63. The van der Waals surface area contributed by atoms with Gasteiger partial charge in [-0.25, -0.2) is 4.79 Å². The van der Waals surface area contributed by atoms with E-state index in [2.05, 4.69) is 22.0 Å². The number of hydrogen-bond donors (Lipinski definition) is 1. The van der Waals surface area contributed by atoms with Gasteiger partial charge in [0.15, 0.2) is 0 Å². The molecule has 1 N–H and O–H groups in total. The Morgan fingerprint density at radius 2 is 2.18 bits per heavy atom. The molecule has 0 radical (unpaired) electrons. The Morgan fingerprint density at radius 3 is 2.68 bits per heavy atom. The zero-order valence-electron chi connectivity index (χ0n) is 13.1. The Labute approximate surface area is 138 Å². The molecule has 0 aromatic heterocycles. The molecule has 0 fully saturated rings. The van der Waals surface area contributed by atoms with Crippen molar-refractivity contribution in [3.8, 4) is 6.07 Å². The maximum atomic E-state index is 12.5. The predicted octanol–water partition coefficient (Wildman–Crippen LogP) is 3.33. The third kappa shape index (κ3) is 2.96. The summed E-state index contributed by atoms with van der Waals surface area (Å²) in [7, 11) is 0. The van der Waals surface area contributed by atoms with Crippen molar-refractivity contribution >= 4 is 27.7 Å². The lowest BCUT2D eigenvalue weighted by Crippen LogP contribution is -2.40. The van der Waals surface area contributed by atoms with Gasteiger partial charge in [-0.15, -0.1) is 0 Å². The van der Waals surface area contributed by atoms with Gasteiger partial charge in [-0.1, -0.05) is 22.9 Å². The molecule has 0 aliphatic carbocycles. The Bertz CT molecular complexity index is 661. The smallest absolute Gasteiger partial charge is 0.414 e. The number of benzene rings is 1. The number of halogens is 1. The molecule has 1 unspecified atom stereocenters. The minimum Gasteiger partial charge on any atom is -0.443 e. The standard InChI is InChI=1S/C16H19BrN2O3/c1-15(2,3)22-14(21)19-8-16(4,9-20)12-6-11(17)5-10(7-18)13(12)19/h5-6,20H,8-9H2,1-4H3. The van der Waals surface area contributed by atoms with Crippen LogP contribution in [0, 0.1) is 11.3 Å². The van der Waals surface area contributed by atoms with E-state index in [0.717, 1.165) is 10.0 Å². The van der Waals surface area contributed by atoms with Crippen LogP contribution < -0.4 is 4.90 Å². The van der Waals surface area contributed by atoms with E-state index in [1.54, 1.807) is 26.8 Å². The van der Waals surface area contributed by atoms with E-state index in [9.17, 15) is 15.2 Å². The fourth-order valence-electron chi connectivity index (χ4n) is 2.56. The molecule has 0 saturated heterocycles. The van der Waals surface area contributed by atoms with Crippen molar-refractivity contribution in [2.45, 2.75) is 38.7 Å². The molecule has 6 heteroatoms. The summed E-state index contributed by atoms with van der Waals surface area (Å²) in [5.74, 6) is 0. The molecule has 1 aromatic carbocycles. The summed E-state index contributed by atoms with van der Waals surface area (Å²) in [6.45, 7) is 7.39. The van der Waals surface area contributed by atoms with E-state index in [4.69, 9.17) is 4.74 Å². The predicted molar refractivity (Wildman–Crippen MR) is 86.9 cm³/mol. The van der Waals surface area contributed by atoms with Crippen LogP contribution in [0.3, 0.4) is 0 Å². The van der Waals surface area contributed by atoms with Gasteiger partial charge < -0.3 is 9.84 Å². The van der Waals surface area contributed by atoms with Gasteiger partial charge in [0.2, 0.25) is 0 Å². The first-order valence-corrected chi connectivity index (χ1v) is 7.76. The average Bonchev–Trinajstić information content (AvgIpc) is 2.71. The van der Waals surface area contributed by atoms with Crippen molar-refractivity contribution in [3.63, 3.8) is 0 Å². The molecule has 1 aliphatic heterocycles. The number of nitriles is 1. The zero-order valence-corrected chi connectivity index (χ0v) is 14.7. The molecule has 1 amide bonds. The van der Waals surface area contributed by atoms with Crippen LogP contribution in [0.25, 0.3) is 0 Å². The topological polar surface area (TPSA) is 73.6 Å². The molecule has 1 heterocycles. The molecule has 0 bridgehead atoms. The maximum Gasteiger partial charge on any atom is 0.414 e. The molecule has 0 saturated carbocycles. The van der Waals surface area contributed by atoms with Crippen molar-refractivity contribution in [2.75, 3.05) is 18.1 Å². The summed E-state index contributed by atoms with van der Waals surface area (Å²) in [4.78, 5) is 13.9. The Morgan fingerprint density at radius 1 is 1.55 bits per heavy atom. The largest absolute Gasteiger partial charge is 0.443 e. The van der Waals surface area contributed by atoms with E-state index >= 15 is 0 Å². The second-order valence-electron chi connectivity index (χ2n) is 6.75. The van der Waals surface area contributed by atoms with Crippen LogP contribution in [0.2, 0.25) is 0 Å². The number of anilines is 1. The summed E-state index contributed by atoms with van der Waals surface area (Å²) in [5.41, 5.74) is 0.426. The van der Waals surface area contributed by atoms with Crippen molar-refractivity contribution in [1.82, 2.24) is 0 Å². The fraction of sp³-hybridized carbons (Fsp3) is 0.500. The van der Waals surface area contributed by atoms with Gasteiger partial charge in [-0.05, 0) is 38.5 Å². The van der Waals surface area contributed by atoms with Gasteiger partial charge in [-0.2, -0.15) is 5.26 Å². The molecule has 118 valence electrons. The van der Waals surface area contributed by atoms with Crippen LogP contribution in [-0.2, 0) is 10.2 Å². The minimum atomic E-state index is -0.627. The van der Waals surface area contributed by atoms with E-state index in [1.165, 1.54) is 4.90 Å². The van der Waals surface area contributed by atoms with Gasteiger partial charge in [0.1, 0.15) is 11.7 Å². The van der Waals surface area contributed by atoms with E-state index in [1.807, 2.05) is 13.0 Å². The number of nitrogens with zero attached hydrogens (tertiary/aromatic N) is 2. The normalized spacial score (nSPS) is 20.5. The molecule has 5 nitrogen and oxygen atoms in total. The van der Waals surface area contributed by atoms with Gasteiger partial charge in [0, 0.05) is 16.4 Å². The van der Waals surface area contributed by atoms with Crippen molar-refractivity contribution < 1.29 is 14.6 Å². The molecular weight excluding hydrogens is 348 g/mol. The van der Waals surface area contributed by atoms with Crippen LogP contribution in [-0.4, -0.2) is 30.0 Å². The number of hydrogen-bond acceptors (Lipinski definition) is 4. The summed E-state index contributed by atoms with van der Waals surface area (Å²) >= 11 is 3.38. The molecule has 0 spiro atoms. The third-order valence-electron chi connectivity index (χ3n) is 3.59. The average molecular weight is 367 g/mol. The molecule has 1 aromatic rings. The monoisotopic (exact) mass is 366 g/mol. The SMILES string of the molecule is CC(C)(C)OC(=O)N1CC(C)(CO)c2cc(Br)cc(C#N)c21. The van der Waals surface area contributed by atoms with Gasteiger partial charge in [0.05, 0.1) is 17.9 Å². The Kier molecular flexibility index (Phi) is 4.24. The van der Waals surface area contributed by atoms with Gasteiger partial charge >= 0.3 is 6.09 Å². The van der Waals surface area contributed by atoms with Crippen LogP contribution >= 0.6 is 15.9 Å². The highest BCUT2D eigenvalue weighted by Crippen LogP contribution is 2.44. The highest BCUT2D eigenvalue weighted by molar-refractivity contribution is 9.10. The zero-order chi connectivity index (χ0) is 16.7. The molecular formula is C16H19BrN2O3. The number of fused-ring (bicyclic) bond motifs is 1. The number of carbonyl (C=O) groups is 1. The highest BCUT2D eigenvalue weighted by Gasteiger charge is 2.44. The molecule has 22 heavy (non-hydrogen) atoms. The molecule has 2 rings (SSSR count). The number of ether oxygens (including phenoxy) is 1. The molecule has 1 atom stereocenters. The number of aliphatic hydroxyl groups is 1. The van der Waals surface area contributed by atoms with E-state index < -0.39 is 17.1 Å². The number of amides is 1. The minimum absolute atomic E-state index is 0.124. The second-order valence-corrected chi connectivity index (χ2v) is 7.66. The number of carbonyl (C=O) groups excluding carboxylic acids is 1. The highest BCUT2D eigenvalue weighted by atomic mass is 79.9. The first kappa shape index (κ1) is 16.8. The lowest BCUT2D eigenvalue weighted by atomic mass is 9.85. The quantitative estimate of drug-likeness (QED) is 0.826. The van der Waals surface area contributed by atoms with Crippen molar-refractivity contribution in [1.29, 1.82) is 5.26 Å². The van der Waals surface area contributed by atoms with Crippen LogP contribution in [0.4, 0.5) is 10.5 Å². The maximum absolute atomic E-state index is 12.5. The van der Waals surface area contributed by atoms with E-state index in [0.29, 0.717) is 11.3 Å². The second kappa shape index (κ2) is 5.56. The van der Waals surface area contributed by atoms with Crippen LogP contribution in [0.1, 0.15) is 38.8 Å². The Hall–Kier alpha value is -1.58. The summed E-state index contributed by atoms with van der Waals surface area (Å²) in [5, 5.41) is 19.2. The van der Waals surface area contributed by atoms with Crippen molar-refractivity contribution in [3.05, 3.63) is 27.7 Å². The third-order valence-corrected chi connectivity index (χ3v) is 4.04. The lowest BCUT2D eigenvalue weighted by molar-refractivity contribution is 0.0575. The number of aliphatic hydroxyl groups excluding tert-OH is 1. The number of rotatable bonds is 1. The summed E-state index contributed by atoms with van der Waals surface area (Å²) < 4.78 is 6.17. The van der Waals surface area contributed by atoms with Crippen LogP contribution in [0.5, 0.6) is 0 Å². The first-order chi connectivity index (χ1) is 10.1. The van der Waals surface area contributed by atoms with Gasteiger partial charge in [-0.3, -0.25) is 4.90 Å².